The Morgan fingerprint density at radius 3 is 2.46 bits per heavy atom. The SMILES string of the molecule is CCOC(=O)CCN(CCCNC(C)=O)C(=O)CC1CCCCC1. The highest BCUT2D eigenvalue weighted by Crippen LogP contribution is 2.26. The Kier molecular flexibility index (Phi) is 10.1. The summed E-state index contributed by atoms with van der Waals surface area (Å²) < 4.78 is 4.95. The maximum Gasteiger partial charge on any atom is 0.307 e. The molecule has 0 radical (unpaired) electrons. The largest absolute Gasteiger partial charge is 0.466 e. The fourth-order valence-electron chi connectivity index (χ4n) is 3.12. The lowest BCUT2D eigenvalue weighted by molar-refractivity contribution is -0.144. The van der Waals surface area contributed by atoms with Crippen molar-refractivity contribution in [2.24, 2.45) is 5.92 Å². The van der Waals surface area contributed by atoms with Crippen LogP contribution in [0.5, 0.6) is 0 Å². The van der Waals surface area contributed by atoms with Gasteiger partial charge < -0.3 is 15.0 Å². The third-order valence-corrected chi connectivity index (χ3v) is 4.41. The monoisotopic (exact) mass is 340 g/mol. The number of nitrogens with zero attached hydrogens (tertiary/aromatic N) is 1. The van der Waals surface area contributed by atoms with Crippen LogP contribution in [-0.4, -0.2) is 48.9 Å². The summed E-state index contributed by atoms with van der Waals surface area (Å²) in [7, 11) is 0. The molecular weight excluding hydrogens is 308 g/mol. The van der Waals surface area contributed by atoms with Gasteiger partial charge in [-0.1, -0.05) is 19.3 Å². The molecule has 2 amide bonds. The number of hydrogen-bond acceptors (Lipinski definition) is 4. The van der Waals surface area contributed by atoms with E-state index < -0.39 is 0 Å². The maximum absolute atomic E-state index is 12.6. The fourth-order valence-corrected chi connectivity index (χ4v) is 3.12. The zero-order chi connectivity index (χ0) is 17.8. The van der Waals surface area contributed by atoms with Gasteiger partial charge in [0.1, 0.15) is 0 Å². The summed E-state index contributed by atoms with van der Waals surface area (Å²) >= 11 is 0. The first-order valence-electron chi connectivity index (χ1n) is 9.20. The van der Waals surface area contributed by atoms with Crippen molar-refractivity contribution in [3.63, 3.8) is 0 Å². The van der Waals surface area contributed by atoms with Gasteiger partial charge in [0.2, 0.25) is 11.8 Å². The molecule has 0 aliphatic heterocycles. The first-order chi connectivity index (χ1) is 11.5. The van der Waals surface area contributed by atoms with Crippen LogP contribution >= 0.6 is 0 Å². The van der Waals surface area contributed by atoms with E-state index in [-0.39, 0.29) is 24.2 Å². The van der Waals surface area contributed by atoms with E-state index in [0.717, 1.165) is 12.8 Å². The lowest BCUT2D eigenvalue weighted by Crippen LogP contribution is -2.37. The van der Waals surface area contributed by atoms with Gasteiger partial charge in [-0.25, -0.2) is 0 Å². The normalized spacial score (nSPS) is 14.9. The van der Waals surface area contributed by atoms with Gasteiger partial charge in [0.25, 0.3) is 0 Å². The molecule has 1 aliphatic rings. The van der Waals surface area contributed by atoms with Crippen molar-refractivity contribution in [1.29, 1.82) is 0 Å². The summed E-state index contributed by atoms with van der Waals surface area (Å²) in [4.78, 5) is 36.8. The molecule has 1 N–H and O–H groups in total. The minimum atomic E-state index is -0.269. The molecule has 0 spiro atoms. The van der Waals surface area contributed by atoms with Crippen molar-refractivity contribution in [3.8, 4) is 0 Å². The van der Waals surface area contributed by atoms with Crippen LogP contribution in [0.3, 0.4) is 0 Å². The molecular formula is C18H32N2O4. The molecule has 6 heteroatoms. The third-order valence-electron chi connectivity index (χ3n) is 4.41. The van der Waals surface area contributed by atoms with Crippen molar-refractivity contribution < 1.29 is 19.1 Å². The van der Waals surface area contributed by atoms with E-state index >= 15 is 0 Å². The van der Waals surface area contributed by atoms with Crippen LogP contribution in [0.1, 0.15) is 65.2 Å². The summed E-state index contributed by atoms with van der Waals surface area (Å²) in [6.07, 6.45) is 7.44. The van der Waals surface area contributed by atoms with Gasteiger partial charge in [-0.15, -0.1) is 0 Å². The molecule has 0 saturated heterocycles. The van der Waals surface area contributed by atoms with Gasteiger partial charge in [-0.3, -0.25) is 14.4 Å². The molecule has 1 saturated carbocycles. The van der Waals surface area contributed by atoms with Crippen LogP contribution in [-0.2, 0) is 19.1 Å². The van der Waals surface area contributed by atoms with E-state index in [1.165, 1.54) is 26.2 Å². The number of amides is 2. The second-order valence-electron chi connectivity index (χ2n) is 6.48. The lowest BCUT2D eigenvalue weighted by Gasteiger charge is -2.27. The molecule has 24 heavy (non-hydrogen) atoms. The first kappa shape index (κ1) is 20.5. The molecule has 1 fully saturated rings. The highest BCUT2D eigenvalue weighted by Gasteiger charge is 2.21. The Morgan fingerprint density at radius 2 is 1.83 bits per heavy atom. The molecule has 0 aromatic heterocycles. The topological polar surface area (TPSA) is 75.7 Å². The van der Waals surface area contributed by atoms with Gasteiger partial charge in [-0.05, 0) is 32.1 Å². The molecule has 0 aromatic carbocycles. The van der Waals surface area contributed by atoms with Crippen molar-refractivity contribution in [1.82, 2.24) is 10.2 Å². The van der Waals surface area contributed by atoms with E-state index in [9.17, 15) is 14.4 Å². The first-order valence-corrected chi connectivity index (χ1v) is 9.20. The van der Waals surface area contributed by atoms with Crippen molar-refractivity contribution >= 4 is 17.8 Å². The number of hydrogen-bond donors (Lipinski definition) is 1. The minimum absolute atomic E-state index is 0.0680. The maximum atomic E-state index is 12.6. The summed E-state index contributed by atoms with van der Waals surface area (Å²) in [5, 5.41) is 2.74. The zero-order valence-electron chi connectivity index (χ0n) is 15.1. The Bertz CT molecular complexity index is 406. The average Bonchev–Trinajstić information content (AvgIpc) is 2.55. The van der Waals surface area contributed by atoms with Gasteiger partial charge in [-0.2, -0.15) is 0 Å². The number of esters is 1. The van der Waals surface area contributed by atoms with Crippen LogP contribution in [0.2, 0.25) is 0 Å². The third kappa shape index (κ3) is 8.89. The van der Waals surface area contributed by atoms with Crippen molar-refractivity contribution in [2.45, 2.75) is 65.2 Å². The highest BCUT2D eigenvalue weighted by molar-refractivity contribution is 5.77. The summed E-state index contributed by atoms with van der Waals surface area (Å²) in [6, 6.07) is 0. The smallest absolute Gasteiger partial charge is 0.307 e. The Balaban J connectivity index is 2.45. The van der Waals surface area contributed by atoms with Gasteiger partial charge in [0, 0.05) is 33.0 Å². The van der Waals surface area contributed by atoms with E-state index in [4.69, 9.17) is 4.74 Å². The van der Waals surface area contributed by atoms with Gasteiger partial charge in [0.05, 0.1) is 13.0 Å². The molecule has 0 atom stereocenters. The molecule has 0 heterocycles. The van der Waals surface area contributed by atoms with Crippen LogP contribution in [0, 0.1) is 5.92 Å². The van der Waals surface area contributed by atoms with E-state index in [2.05, 4.69) is 5.32 Å². The number of ether oxygens (including phenoxy) is 1. The van der Waals surface area contributed by atoms with Crippen LogP contribution in [0.4, 0.5) is 0 Å². The molecule has 0 aromatic rings. The Hall–Kier alpha value is -1.59. The summed E-state index contributed by atoms with van der Waals surface area (Å²) in [5.74, 6) is 0.261. The number of carbonyl (C=O) groups is 3. The van der Waals surface area contributed by atoms with Crippen LogP contribution in [0.15, 0.2) is 0 Å². The number of carbonyl (C=O) groups excluding carboxylic acids is 3. The number of nitrogens with one attached hydrogen (secondary N) is 1. The average molecular weight is 340 g/mol. The van der Waals surface area contributed by atoms with E-state index in [1.807, 2.05) is 0 Å². The molecule has 1 rings (SSSR count). The Morgan fingerprint density at radius 1 is 1.12 bits per heavy atom. The fraction of sp³-hybridized carbons (Fsp3) is 0.833. The highest BCUT2D eigenvalue weighted by atomic mass is 16.5. The summed E-state index contributed by atoms with van der Waals surface area (Å²) in [5.41, 5.74) is 0. The predicted molar refractivity (Wildman–Crippen MR) is 92.3 cm³/mol. The minimum Gasteiger partial charge on any atom is -0.466 e. The summed E-state index contributed by atoms with van der Waals surface area (Å²) in [6.45, 7) is 5.11. The van der Waals surface area contributed by atoms with Crippen molar-refractivity contribution in [3.05, 3.63) is 0 Å². The second kappa shape index (κ2) is 11.9. The molecule has 1 aliphatic carbocycles. The van der Waals surface area contributed by atoms with Gasteiger partial charge >= 0.3 is 5.97 Å². The van der Waals surface area contributed by atoms with Gasteiger partial charge in [0.15, 0.2) is 0 Å². The van der Waals surface area contributed by atoms with Crippen molar-refractivity contribution in [2.75, 3.05) is 26.2 Å². The zero-order valence-corrected chi connectivity index (χ0v) is 15.1. The standard InChI is InChI=1S/C18H32N2O4/c1-3-24-18(23)10-13-20(12-7-11-19-15(2)21)17(22)14-16-8-5-4-6-9-16/h16H,3-14H2,1-2H3,(H,19,21). The lowest BCUT2D eigenvalue weighted by atomic mass is 9.86. The predicted octanol–water partition coefficient (Wildman–Crippen LogP) is 2.26. The quantitative estimate of drug-likeness (QED) is 0.489. The van der Waals surface area contributed by atoms with E-state index in [0.29, 0.717) is 45.0 Å². The van der Waals surface area contributed by atoms with E-state index in [1.54, 1.807) is 11.8 Å². The molecule has 138 valence electrons. The molecule has 6 nitrogen and oxygen atoms in total. The number of rotatable bonds is 10. The molecule has 0 bridgehead atoms. The molecule has 0 unspecified atom stereocenters. The van der Waals surface area contributed by atoms with Crippen LogP contribution < -0.4 is 5.32 Å². The van der Waals surface area contributed by atoms with Crippen LogP contribution in [0.25, 0.3) is 0 Å². The second-order valence-corrected chi connectivity index (χ2v) is 6.48. The Labute approximate surface area is 145 Å².